The number of halogens is 2. The molecule has 0 saturated carbocycles. The van der Waals surface area contributed by atoms with E-state index in [-0.39, 0.29) is 22.5 Å². The van der Waals surface area contributed by atoms with Gasteiger partial charge < -0.3 is 5.11 Å². The Kier molecular flexibility index (Phi) is 4.08. The lowest BCUT2D eigenvalue weighted by Crippen LogP contribution is -2.00. The molecule has 0 aromatic carbocycles. The minimum absolute atomic E-state index is 0.0289. The van der Waals surface area contributed by atoms with E-state index in [4.69, 9.17) is 33.6 Å². The molecule has 74 valence electrons. The maximum Gasteiger partial charge on any atom is 0.169 e. The van der Waals surface area contributed by atoms with Crippen molar-refractivity contribution in [3.8, 4) is 6.07 Å². The third kappa shape index (κ3) is 2.32. The molecule has 0 aliphatic rings. The fraction of sp³-hybridized carbons (Fsp3) is 0.375. The number of hydrogen-bond acceptors (Lipinski definition) is 4. The summed E-state index contributed by atoms with van der Waals surface area (Å²) >= 11 is 11.4. The maximum atomic E-state index is 8.80. The first kappa shape index (κ1) is 11.2. The van der Waals surface area contributed by atoms with Crippen LogP contribution in [0.25, 0.3) is 0 Å². The minimum Gasteiger partial charge on any atom is -0.396 e. The van der Waals surface area contributed by atoms with Crippen LogP contribution in [0.3, 0.4) is 0 Å². The van der Waals surface area contributed by atoms with Crippen molar-refractivity contribution in [3.63, 3.8) is 0 Å². The third-order valence-corrected chi connectivity index (χ3v) is 2.25. The van der Waals surface area contributed by atoms with Crippen LogP contribution in [-0.2, 0) is 6.42 Å². The highest BCUT2D eigenvalue weighted by Gasteiger charge is 2.13. The number of hydrogen-bond donors (Lipinski definition) is 1. The summed E-state index contributed by atoms with van der Waals surface area (Å²) in [7, 11) is 0. The monoisotopic (exact) mass is 231 g/mol. The molecule has 0 bridgehead atoms. The second kappa shape index (κ2) is 5.11. The van der Waals surface area contributed by atoms with Gasteiger partial charge in [0.2, 0.25) is 0 Å². The molecule has 0 aliphatic carbocycles. The van der Waals surface area contributed by atoms with Crippen molar-refractivity contribution in [1.82, 2.24) is 10.2 Å². The van der Waals surface area contributed by atoms with Gasteiger partial charge in [-0.05, 0) is 12.8 Å². The van der Waals surface area contributed by atoms with Gasteiger partial charge in [-0.15, -0.1) is 10.2 Å². The lowest BCUT2D eigenvalue weighted by atomic mass is 10.1. The van der Waals surface area contributed by atoms with Crippen LogP contribution in [0, 0.1) is 11.3 Å². The summed E-state index contributed by atoms with van der Waals surface area (Å²) in [6.45, 7) is 0.0289. The van der Waals surface area contributed by atoms with Gasteiger partial charge >= 0.3 is 0 Å². The molecule has 0 atom stereocenters. The van der Waals surface area contributed by atoms with E-state index >= 15 is 0 Å². The Balaban J connectivity index is 3.11. The third-order valence-electron chi connectivity index (χ3n) is 1.68. The lowest BCUT2D eigenvalue weighted by molar-refractivity contribution is 0.288. The summed E-state index contributed by atoms with van der Waals surface area (Å²) in [4.78, 5) is 0. The van der Waals surface area contributed by atoms with Crippen molar-refractivity contribution in [2.75, 3.05) is 6.61 Å². The van der Waals surface area contributed by atoms with Crippen LogP contribution in [0.5, 0.6) is 0 Å². The highest BCUT2D eigenvalue weighted by Crippen LogP contribution is 2.23. The average Bonchev–Trinajstić information content (AvgIpc) is 2.19. The Bertz CT molecular complexity index is 376. The molecule has 6 heteroatoms. The van der Waals surface area contributed by atoms with Gasteiger partial charge in [-0.25, -0.2) is 0 Å². The van der Waals surface area contributed by atoms with E-state index in [9.17, 15) is 0 Å². The molecular weight excluding hydrogens is 225 g/mol. The van der Waals surface area contributed by atoms with Gasteiger partial charge in [-0.3, -0.25) is 0 Å². The van der Waals surface area contributed by atoms with Crippen molar-refractivity contribution in [2.24, 2.45) is 0 Å². The standard InChI is InChI=1S/C8H7Cl2N3O/c9-7-5(2-1-3-14)6(4-11)8(10)13-12-7/h14H,1-3H2. The Morgan fingerprint density at radius 1 is 1.29 bits per heavy atom. The molecule has 0 spiro atoms. The van der Waals surface area contributed by atoms with Gasteiger partial charge in [0.1, 0.15) is 6.07 Å². The first-order valence-corrected chi connectivity index (χ1v) is 4.67. The van der Waals surface area contributed by atoms with Crippen LogP contribution in [0.2, 0.25) is 10.3 Å². The molecule has 0 aliphatic heterocycles. The molecule has 0 amide bonds. The van der Waals surface area contributed by atoms with E-state index < -0.39 is 0 Å². The van der Waals surface area contributed by atoms with E-state index in [0.29, 0.717) is 18.4 Å². The smallest absolute Gasteiger partial charge is 0.169 e. The zero-order valence-corrected chi connectivity index (χ0v) is 8.68. The van der Waals surface area contributed by atoms with Crippen molar-refractivity contribution in [1.29, 1.82) is 5.26 Å². The second-order valence-electron chi connectivity index (χ2n) is 2.57. The van der Waals surface area contributed by atoms with Crippen LogP contribution in [0.4, 0.5) is 0 Å². The Hall–Kier alpha value is -0.890. The van der Waals surface area contributed by atoms with Gasteiger partial charge in [0.25, 0.3) is 0 Å². The second-order valence-corrected chi connectivity index (χ2v) is 3.29. The van der Waals surface area contributed by atoms with Crippen molar-refractivity contribution in [2.45, 2.75) is 12.8 Å². The largest absolute Gasteiger partial charge is 0.396 e. The molecule has 1 N–H and O–H groups in total. The normalized spacial score (nSPS) is 9.86. The maximum absolute atomic E-state index is 8.80. The van der Waals surface area contributed by atoms with Crippen LogP contribution in [0.15, 0.2) is 0 Å². The quantitative estimate of drug-likeness (QED) is 0.858. The van der Waals surface area contributed by atoms with E-state index in [2.05, 4.69) is 10.2 Å². The highest BCUT2D eigenvalue weighted by molar-refractivity contribution is 6.32. The van der Waals surface area contributed by atoms with E-state index in [0.717, 1.165) is 0 Å². The van der Waals surface area contributed by atoms with Crippen molar-refractivity contribution < 1.29 is 5.11 Å². The summed E-state index contributed by atoms with van der Waals surface area (Å²) in [5.41, 5.74) is 0.781. The molecule has 1 aromatic rings. The fourth-order valence-corrected chi connectivity index (χ4v) is 1.44. The molecule has 1 rings (SSSR count). The summed E-state index contributed by atoms with van der Waals surface area (Å²) in [5.74, 6) is 0. The number of nitrogens with zero attached hydrogens (tertiary/aromatic N) is 3. The molecule has 0 fully saturated rings. The Morgan fingerprint density at radius 2 is 1.93 bits per heavy atom. The van der Waals surface area contributed by atoms with Gasteiger partial charge in [0, 0.05) is 12.2 Å². The number of aliphatic hydroxyl groups excluding tert-OH is 1. The molecule has 0 radical (unpaired) electrons. The van der Waals surface area contributed by atoms with Crippen LogP contribution >= 0.6 is 23.2 Å². The molecule has 14 heavy (non-hydrogen) atoms. The fourth-order valence-electron chi connectivity index (χ4n) is 1.02. The van der Waals surface area contributed by atoms with Gasteiger partial charge in [0.05, 0.1) is 5.56 Å². The van der Waals surface area contributed by atoms with Crippen LogP contribution in [-0.4, -0.2) is 21.9 Å². The predicted octanol–water partition coefficient (Wildman–Crippen LogP) is 1.58. The predicted molar refractivity (Wildman–Crippen MR) is 52.2 cm³/mol. The van der Waals surface area contributed by atoms with E-state index in [1.807, 2.05) is 6.07 Å². The molecule has 0 unspecified atom stereocenters. The lowest BCUT2D eigenvalue weighted by Gasteiger charge is -2.04. The van der Waals surface area contributed by atoms with Gasteiger partial charge in [-0.1, -0.05) is 23.2 Å². The minimum atomic E-state index is 0.0289. The van der Waals surface area contributed by atoms with Gasteiger partial charge in [-0.2, -0.15) is 5.26 Å². The molecule has 4 nitrogen and oxygen atoms in total. The zero-order chi connectivity index (χ0) is 10.6. The Labute approximate surface area is 91.1 Å². The molecule has 1 heterocycles. The highest BCUT2D eigenvalue weighted by atomic mass is 35.5. The van der Waals surface area contributed by atoms with Crippen LogP contribution in [0.1, 0.15) is 17.5 Å². The van der Waals surface area contributed by atoms with Gasteiger partial charge in [0.15, 0.2) is 10.3 Å². The molecular formula is C8H7Cl2N3O. The number of nitriles is 1. The molecule has 0 saturated heterocycles. The summed E-state index contributed by atoms with van der Waals surface area (Å²) in [6.07, 6.45) is 0.976. The van der Waals surface area contributed by atoms with Crippen molar-refractivity contribution >= 4 is 23.2 Å². The van der Waals surface area contributed by atoms with E-state index in [1.165, 1.54) is 0 Å². The summed E-state index contributed by atoms with van der Waals surface area (Å²) in [5, 5.41) is 24.8. The average molecular weight is 232 g/mol. The first-order chi connectivity index (χ1) is 6.70. The number of aromatic nitrogens is 2. The summed E-state index contributed by atoms with van der Waals surface area (Å²) in [6, 6.07) is 1.91. The number of rotatable bonds is 3. The van der Waals surface area contributed by atoms with Crippen LogP contribution < -0.4 is 0 Å². The Morgan fingerprint density at radius 3 is 2.50 bits per heavy atom. The van der Waals surface area contributed by atoms with E-state index in [1.54, 1.807) is 0 Å². The van der Waals surface area contributed by atoms with Crippen molar-refractivity contribution in [3.05, 3.63) is 21.4 Å². The first-order valence-electron chi connectivity index (χ1n) is 3.92. The zero-order valence-electron chi connectivity index (χ0n) is 7.17. The number of aliphatic hydroxyl groups is 1. The topological polar surface area (TPSA) is 69.8 Å². The summed E-state index contributed by atoms with van der Waals surface area (Å²) < 4.78 is 0. The molecule has 1 aromatic heterocycles. The SMILES string of the molecule is N#Cc1c(Cl)nnc(Cl)c1CCCO.